The highest BCUT2D eigenvalue weighted by molar-refractivity contribution is 5.97. The summed E-state index contributed by atoms with van der Waals surface area (Å²) in [4.78, 5) is 30.0. The smallest absolute Gasteiger partial charge is 0.246 e. The minimum absolute atomic E-state index is 0. The van der Waals surface area contributed by atoms with E-state index in [1.54, 1.807) is 35.2 Å². The van der Waals surface area contributed by atoms with Crippen molar-refractivity contribution in [2.75, 3.05) is 25.5 Å². The Morgan fingerprint density at radius 1 is 1.18 bits per heavy atom. The summed E-state index contributed by atoms with van der Waals surface area (Å²) in [7, 11) is 3.60. The number of benzene rings is 1. The van der Waals surface area contributed by atoms with Gasteiger partial charge in [-0.3, -0.25) is 14.7 Å². The normalized spacial score (nSPS) is 14.8. The molecule has 0 saturated heterocycles. The number of rotatable bonds is 7. The number of aromatic amines is 2. The van der Waals surface area contributed by atoms with E-state index < -0.39 is 0 Å². The van der Waals surface area contributed by atoms with Crippen molar-refractivity contribution in [1.29, 1.82) is 0 Å². The number of likely N-dealkylation sites (N-methyl/N-ethyl adjacent to an activating group) is 2. The molecule has 7 heteroatoms. The van der Waals surface area contributed by atoms with Crippen LogP contribution >= 0.6 is 0 Å². The first kappa shape index (κ1) is 25.0. The molecule has 1 aromatic carbocycles. The van der Waals surface area contributed by atoms with Gasteiger partial charge in [0.25, 0.3) is 0 Å². The van der Waals surface area contributed by atoms with Crippen molar-refractivity contribution in [3.05, 3.63) is 60.0 Å². The lowest BCUT2D eigenvalue weighted by atomic mass is 9.76. The molecular formula is C27H35N5O2. The van der Waals surface area contributed by atoms with E-state index in [2.05, 4.69) is 35.1 Å². The number of anilines is 1. The molecule has 0 aliphatic heterocycles. The quantitative estimate of drug-likeness (QED) is 0.299. The summed E-state index contributed by atoms with van der Waals surface area (Å²) in [6.07, 6.45) is 10.4. The highest BCUT2D eigenvalue weighted by Gasteiger charge is 2.29. The van der Waals surface area contributed by atoms with Crippen LogP contribution in [0.15, 0.2) is 48.7 Å². The van der Waals surface area contributed by atoms with Crippen molar-refractivity contribution < 1.29 is 9.59 Å². The molecular weight excluding hydrogens is 426 g/mol. The Morgan fingerprint density at radius 3 is 2.74 bits per heavy atom. The van der Waals surface area contributed by atoms with Gasteiger partial charge in [-0.05, 0) is 61.2 Å². The summed E-state index contributed by atoms with van der Waals surface area (Å²) in [6, 6.07) is 8.12. The molecule has 0 fully saturated rings. The molecule has 2 heterocycles. The lowest BCUT2D eigenvalue weighted by Gasteiger charge is -2.28. The van der Waals surface area contributed by atoms with Crippen molar-refractivity contribution in [3.8, 4) is 11.4 Å². The van der Waals surface area contributed by atoms with E-state index in [0.717, 1.165) is 47.2 Å². The van der Waals surface area contributed by atoms with E-state index >= 15 is 0 Å². The molecule has 1 aliphatic carbocycles. The Labute approximate surface area is 201 Å². The Kier molecular flexibility index (Phi) is 7.44. The van der Waals surface area contributed by atoms with Crippen LogP contribution < -0.4 is 4.90 Å². The molecule has 7 nitrogen and oxygen atoms in total. The molecule has 180 valence electrons. The maximum absolute atomic E-state index is 12.7. The van der Waals surface area contributed by atoms with Crippen LogP contribution in [0.4, 0.5) is 5.69 Å². The molecule has 0 saturated carbocycles. The Hall–Kier alpha value is -3.61. The van der Waals surface area contributed by atoms with E-state index in [0.29, 0.717) is 11.7 Å². The molecule has 3 aromatic rings. The average Bonchev–Trinajstić information content (AvgIpc) is 3.38. The Balaban J connectivity index is 0.00000324. The number of amides is 1. The molecule has 0 bridgehead atoms. The lowest BCUT2D eigenvalue weighted by Crippen LogP contribution is -2.34. The number of nitrogens with zero attached hydrogens (tertiary/aromatic N) is 3. The third-order valence-electron chi connectivity index (χ3n) is 6.31. The summed E-state index contributed by atoms with van der Waals surface area (Å²) in [5.74, 6) is -0.0309. The van der Waals surface area contributed by atoms with E-state index in [9.17, 15) is 9.59 Å². The minimum atomic E-state index is -0.0309. The summed E-state index contributed by atoms with van der Waals surface area (Å²) in [5, 5.41) is 8.97. The summed E-state index contributed by atoms with van der Waals surface area (Å²) >= 11 is 0. The summed E-state index contributed by atoms with van der Waals surface area (Å²) in [5.41, 5.74) is 6.66. The second kappa shape index (κ2) is 10.1. The van der Waals surface area contributed by atoms with Gasteiger partial charge in [-0.25, -0.2) is 0 Å². The second-order valence-corrected chi connectivity index (χ2v) is 9.56. The van der Waals surface area contributed by atoms with Gasteiger partial charge < -0.3 is 14.8 Å². The van der Waals surface area contributed by atoms with Crippen LogP contribution in [0.3, 0.4) is 0 Å². The number of aromatic nitrogens is 3. The van der Waals surface area contributed by atoms with E-state index in [4.69, 9.17) is 0 Å². The van der Waals surface area contributed by atoms with Gasteiger partial charge in [0.05, 0.1) is 12.2 Å². The molecule has 34 heavy (non-hydrogen) atoms. The van der Waals surface area contributed by atoms with Gasteiger partial charge in [-0.15, -0.1) is 0 Å². The fourth-order valence-electron chi connectivity index (χ4n) is 4.34. The highest BCUT2D eigenvalue weighted by atomic mass is 16.2. The summed E-state index contributed by atoms with van der Waals surface area (Å²) in [6.45, 7) is 4.83. The molecule has 0 radical (unpaired) electrons. The van der Waals surface area contributed by atoms with Gasteiger partial charge >= 0.3 is 0 Å². The molecule has 1 amide bonds. The first-order valence-electron chi connectivity index (χ1n) is 11.2. The van der Waals surface area contributed by atoms with Crippen LogP contribution in [0.25, 0.3) is 22.3 Å². The monoisotopic (exact) mass is 461 g/mol. The highest BCUT2D eigenvalue weighted by Crippen LogP contribution is 2.38. The van der Waals surface area contributed by atoms with Crippen LogP contribution in [0.2, 0.25) is 0 Å². The van der Waals surface area contributed by atoms with E-state index in [1.165, 1.54) is 17.3 Å². The maximum atomic E-state index is 12.7. The predicted octanol–water partition coefficient (Wildman–Crippen LogP) is 4.87. The van der Waals surface area contributed by atoms with Crippen LogP contribution in [0.1, 0.15) is 39.0 Å². The van der Waals surface area contributed by atoms with Gasteiger partial charge in [0.1, 0.15) is 12.0 Å². The molecule has 2 N–H and O–H groups in total. The zero-order chi connectivity index (χ0) is 23.6. The van der Waals surface area contributed by atoms with Crippen molar-refractivity contribution >= 4 is 28.8 Å². The van der Waals surface area contributed by atoms with Crippen LogP contribution in [-0.2, 0) is 22.4 Å². The van der Waals surface area contributed by atoms with Gasteiger partial charge in [-0.2, -0.15) is 5.10 Å². The van der Waals surface area contributed by atoms with Crippen LogP contribution in [0, 0.1) is 5.41 Å². The minimum Gasteiger partial charge on any atom is -0.371 e. The topological polar surface area (TPSA) is 85.1 Å². The average molecular weight is 462 g/mol. The lowest BCUT2D eigenvalue weighted by molar-refractivity contribution is -0.118. The molecule has 0 spiro atoms. The second-order valence-electron chi connectivity index (χ2n) is 9.56. The maximum Gasteiger partial charge on any atom is 0.246 e. The zero-order valence-electron chi connectivity index (χ0n) is 19.7. The van der Waals surface area contributed by atoms with Crippen LogP contribution in [-0.4, -0.2) is 52.9 Å². The number of H-pyrrole nitrogens is 2. The first-order chi connectivity index (χ1) is 15.8. The number of aldehydes is 1. The standard InChI is InChI=1S/C26H31N5O2.CH4/c1-26(2)11-10-20-23(16-26)28-29-25(20)22-14-18-8-9-19(15-21(18)27-22)31(4)24(33)17-30(3)12-6-5-7-13-32;/h5-9,12-15,27H,10-11,16-17H2,1-4H3,(H,28,29);1H4/b7-5-,12-6-;. The zero-order valence-corrected chi connectivity index (χ0v) is 19.7. The molecule has 1 aliphatic rings. The van der Waals surface area contributed by atoms with Gasteiger partial charge in [-0.1, -0.05) is 33.4 Å². The van der Waals surface area contributed by atoms with E-state index in [-0.39, 0.29) is 19.9 Å². The third kappa shape index (κ3) is 5.30. The largest absolute Gasteiger partial charge is 0.371 e. The van der Waals surface area contributed by atoms with E-state index in [1.807, 2.05) is 25.2 Å². The number of hydrogen-bond donors (Lipinski definition) is 2. The van der Waals surface area contributed by atoms with Crippen LogP contribution in [0.5, 0.6) is 0 Å². The van der Waals surface area contributed by atoms with Gasteiger partial charge in [0.2, 0.25) is 5.91 Å². The SMILES string of the molecule is C.CN(/C=C\C=C/C=O)CC(=O)N(C)c1ccc2cc(-c3n[nH]c4c3CCC(C)(C)C4)[nH]c2c1. The van der Waals surface area contributed by atoms with Crippen molar-refractivity contribution in [3.63, 3.8) is 0 Å². The molecule has 0 atom stereocenters. The number of allylic oxidation sites excluding steroid dienone is 3. The first-order valence-corrected chi connectivity index (χ1v) is 11.2. The number of hydrogen-bond acceptors (Lipinski definition) is 4. The molecule has 2 aromatic heterocycles. The fraction of sp³-hybridized carbons (Fsp3) is 0.370. The predicted molar refractivity (Wildman–Crippen MR) is 139 cm³/mol. The van der Waals surface area contributed by atoms with Crippen molar-refractivity contribution in [2.24, 2.45) is 5.41 Å². The number of nitrogens with one attached hydrogen (secondary N) is 2. The molecule has 4 rings (SSSR count). The Morgan fingerprint density at radius 2 is 1.97 bits per heavy atom. The number of fused-ring (bicyclic) bond motifs is 2. The summed E-state index contributed by atoms with van der Waals surface area (Å²) < 4.78 is 0. The molecule has 0 unspecified atom stereocenters. The number of carbonyl (C=O) groups is 2. The fourth-order valence-corrected chi connectivity index (χ4v) is 4.34. The van der Waals surface area contributed by atoms with Gasteiger partial charge in [0, 0.05) is 41.9 Å². The third-order valence-corrected chi connectivity index (χ3v) is 6.31. The van der Waals surface area contributed by atoms with Crippen molar-refractivity contribution in [1.82, 2.24) is 20.1 Å². The number of carbonyl (C=O) groups excluding carboxylic acids is 2. The van der Waals surface area contributed by atoms with Crippen molar-refractivity contribution in [2.45, 2.75) is 40.5 Å². The Bertz CT molecular complexity index is 1230. The van der Waals surface area contributed by atoms with Gasteiger partial charge in [0.15, 0.2) is 0 Å².